The van der Waals surface area contributed by atoms with E-state index in [1.54, 1.807) is 36.3 Å². The maximum Gasteiger partial charge on any atom is 0.238 e. The highest BCUT2D eigenvalue weighted by Crippen LogP contribution is 2.25. The van der Waals surface area contributed by atoms with Crippen LogP contribution in [-0.4, -0.2) is 34.3 Å². The number of rotatable bonds is 8. The van der Waals surface area contributed by atoms with Crippen molar-refractivity contribution in [3.8, 4) is 11.4 Å². The Morgan fingerprint density at radius 2 is 1.81 bits per heavy atom. The van der Waals surface area contributed by atoms with Crippen molar-refractivity contribution in [2.45, 2.75) is 6.04 Å². The molecule has 1 atom stereocenters. The molecule has 2 N–H and O–H groups in total. The van der Waals surface area contributed by atoms with Crippen molar-refractivity contribution < 1.29 is 9.53 Å². The maximum absolute atomic E-state index is 12.8. The topological polar surface area (TPSA) is 81.1 Å². The second-order valence-electron chi connectivity index (χ2n) is 7.05. The molecule has 4 aromatic rings. The first kappa shape index (κ1) is 21.5. The van der Waals surface area contributed by atoms with Crippen LogP contribution in [0.2, 0.25) is 5.02 Å². The van der Waals surface area contributed by atoms with E-state index in [0.717, 1.165) is 16.9 Å². The first-order valence-corrected chi connectivity index (χ1v) is 10.4. The van der Waals surface area contributed by atoms with Gasteiger partial charge < -0.3 is 10.1 Å². The molecule has 8 heteroatoms. The molecule has 1 amide bonds. The molecule has 0 saturated carbocycles. The summed E-state index contributed by atoms with van der Waals surface area (Å²) in [7, 11) is 1.63. The fourth-order valence-corrected chi connectivity index (χ4v) is 3.57. The molecule has 1 aromatic heterocycles. The van der Waals surface area contributed by atoms with Crippen LogP contribution in [0.25, 0.3) is 5.69 Å². The first-order valence-electron chi connectivity index (χ1n) is 10.0. The van der Waals surface area contributed by atoms with Gasteiger partial charge in [0.2, 0.25) is 5.91 Å². The fourth-order valence-electron chi connectivity index (χ4n) is 3.40. The molecule has 4 rings (SSSR count). The van der Waals surface area contributed by atoms with E-state index in [1.165, 1.54) is 6.33 Å². The minimum atomic E-state index is -0.205. The molecule has 0 fully saturated rings. The average Bonchev–Trinajstić information content (AvgIpc) is 3.35. The summed E-state index contributed by atoms with van der Waals surface area (Å²) < 4.78 is 6.84. The van der Waals surface area contributed by atoms with E-state index in [2.05, 4.69) is 20.7 Å². The maximum atomic E-state index is 12.8. The van der Waals surface area contributed by atoms with Gasteiger partial charge in [-0.1, -0.05) is 54.1 Å². The largest absolute Gasteiger partial charge is 0.497 e. The quantitative estimate of drug-likeness (QED) is 0.422. The van der Waals surface area contributed by atoms with Crippen LogP contribution in [0.15, 0.2) is 85.5 Å². The molecule has 0 aliphatic carbocycles. The van der Waals surface area contributed by atoms with Crippen LogP contribution in [0.1, 0.15) is 17.2 Å². The van der Waals surface area contributed by atoms with E-state index >= 15 is 0 Å². The third-order valence-electron chi connectivity index (χ3n) is 4.95. The summed E-state index contributed by atoms with van der Waals surface area (Å²) in [6.45, 7) is 0.0922. The van der Waals surface area contributed by atoms with Crippen molar-refractivity contribution in [3.63, 3.8) is 0 Å². The van der Waals surface area contributed by atoms with Crippen LogP contribution >= 0.6 is 11.6 Å². The molecule has 32 heavy (non-hydrogen) atoms. The molecule has 0 spiro atoms. The van der Waals surface area contributed by atoms with Crippen LogP contribution in [0.3, 0.4) is 0 Å². The van der Waals surface area contributed by atoms with Gasteiger partial charge >= 0.3 is 0 Å². The summed E-state index contributed by atoms with van der Waals surface area (Å²) in [5.41, 5.74) is 3.30. The van der Waals surface area contributed by atoms with Crippen molar-refractivity contribution in [1.29, 1.82) is 0 Å². The summed E-state index contributed by atoms with van der Waals surface area (Å²) in [5.74, 6) is 0.572. The molecule has 1 heterocycles. The smallest absolute Gasteiger partial charge is 0.238 e. The summed E-state index contributed by atoms with van der Waals surface area (Å²) in [6, 6.07) is 22.8. The summed E-state index contributed by atoms with van der Waals surface area (Å²) >= 11 is 6.15. The van der Waals surface area contributed by atoms with E-state index in [4.69, 9.17) is 16.3 Å². The van der Waals surface area contributed by atoms with Gasteiger partial charge in [0.25, 0.3) is 0 Å². The van der Waals surface area contributed by atoms with Gasteiger partial charge in [0.1, 0.15) is 18.4 Å². The Hall–Kier alpha value is -3.68. The molecular weight excluding hydrogens is 426 g/mol. The predicted octanol–water partition coefficient (Wildman–Crippen LogP) is 4.25. The number of ether oxygens (including phenoxy) is 1. The third-order valence-corrected chi connectivity index (χ3v) is 5.18. The van der Waals surface area contributed by atoms with Gasteiger partial charge in [-0.3, -0.25) is 10.1 Å². The zero-order valence-electron chi connectivity index (χ0n) is 17.4. The number of hydrogen-bond acceptors (Lipinski definition) is 5. The molecule has 0 bridgehead atoms. The van der Waals surface area contributed by atoms with Gasteiger partial charge in [-0.15, -0.1) is 0 Å². The number of amides is 1. The number of nitrogens with one attached hydrogen (secondary N) is 2. The second kappa shape index (κ2) is 10.1. The van der Waals surface area contributed by atoms with Gasteiger partial charge in [0.15, 0.2) is 0 Å². The minimum Gasteiger partial charge on any atom is -0.497 e. The van der Waals surface area contributed by atoms with Crippen LogP contribution in [0, 0.1) is 0 Å². The van der Waals surface area contributed by atoms with Crippen molar-refractivity contribution in [2.75, 3.05) is 19.0 Å². The van der Waals surface area contributed by atoms with Gasteiger partial charge in [-0.2, -0.15) is 5.10 Å². The number of halogens is 1. The number of carbonyl (C=O) groups excluding carboxylic acids is 1. The molecular formula is C24H22ClN5O2. The standard InChI is InChI=1S/C24H22ClN5O2/c1-32-20-10-7-18(8-11-20)24(17-5-3-2-4-6-17)27-14-23(31)29-21-13-19(25)9-12-22(21)30-16-26-15-28-30/h2-13,15-16,24,27H,14H2,1H3,(H,29,31). The Kier molecular flexibility index (Phi) is 6.79. The monoisotopic (exact) mass is 447 g/mol. The van der Waals surface area contributed by atoms with E-state index in [0.29, 0.717) is 16.4 Å². The normalized spacial score (nSPS) is 11.7. The Morgan fingerprint density at radius 3 is 2.50 bits per heavy atom. The predicted molar refractivity (Wildman–Crippen MR) is 124 cm³/mol. The number of benzene rings is 3. The summed E-state index contributed by atoms with van der Waals surface area (Å²) in [4.78, 5) is 16.8. The third kappa shape index (κ3) is 5.14. The lowest BCUT2D eigenvalue weighted by Crippen LogP contribution is -2.32. The number of carbonyl (C=O) groups is 1. The van der Waals surface area contributed by atoms with E-state index in [9.17, 15) is 4.79 Å². The second-order valence-corrected chi connectivity index (χ2v) is 7.48. The van der Waals surface area contributed by atoms with Crippen molar-refractivity contribution in [1.82, 2.24) is 20.1 Å². The van der Waals surface area contributed by atoms with Gasteiger partial charge in [-0.25, -0.2) is 9.67 Å². The lowest BCUT2D eigenvalue weighted by molar-refractivity contribution is -0.115. The van der Waals surface area contributed by atoms with Crippen molar-refractivity contribution in [2.24, 2.45) is 0 Å². The van der Waals surface area contributed by atoms with Crippen LogP contribution in [-0.2, 0) is 4.79 Å². The van der Waals surface area contributed by atoms with E-state index in [-0.39, 0.29) is 18.5 Å². The number of nitrogens with zero attached hydrogens (tertiary/aromatic N) is 3. The molecule has 3 aromatic carbocycles. The Bertz CT molecular complexity index is 1160. The molecule has 0 saturated heterocycles. The fraction of sp³-hybridized carbons (Fsp3) is 0.125. The highest BCUT2D eigenvalue weighted by Gasteiger charge is 2.16. The lowest BCUT2D eigenvalue weighted by atomic mass is 9.98. The number of hydrogen-bond donors (Lipinski definition) is 2. The van der Waals surface area contributed by atoms with Gasteiger partial charge in [-0.05, 0) is 41.5 Å². The van der Waals surface area contributed by atoms with E-state index in [1.807, 2.05) is 54.6 Å². The number of aromatic nitrogens is 3. The summed E-state index contributed by atoms with van der Waals surface area (Å²) in [5, 5.41) is 10.9. The molecule has 1 unspecified atom stereocenters. The number of methoxy groups -OCH3 is 1. The van der Waals surface area contributed by atoms with Crippen LogP contribution < -0.4 is 15.4 Å². The Morgan fingerprint density at radius 1 is 1.06 bits per heavy atom. The zero-order chi connectivity index (χ0) is 22.3. The van der Waals surface area contributed by atoms with Gasteiger partial charge in [0, 0.05) is 5.02 Å². The highest BCUT2D eigenvalue weighted by molar-refractivity contribution is 6.31. The zero-order valence-corrected chi connectivity index (χ0v) is 18.2. The first-order chi connectivity index (χ1) is 15.6. The minimum absolute atomic E-state index is 0.0922. The molecule has 7 nitrogen and oxygen atoms in total. The van der Waals surface area contributed by atoms with Crippen LogP contribution in [0.5, 0.6) is 5.75 Å². The molecule has 162 valence electrons. The van der Waals surface area contributed by atoms with Crippen LogP contribution in [0.4, 0.5) is 5.69 Å². The highest BCUT2D eigenvalue weighted by atomic mass is 35.5. The summed E-state index contributed by atoms with van der Waals surface area (Å²) in [6.07, 6.45) is 2.99. The Labute approximate surface area is 191 Å². The van der Waals surface area contributed by atoms with E-state index < -0.39 is 0 Å². The Balaban J connectivity index is 1.51. The molecule has 0 aliphatic rings. The van der Waals surface area contributed by atoms with Crippen molar-refractivity contribution in [3.05, 3.63) is 102 Å². The van der Waals surface area contributed by atoms with Crippen molar-refractivity contribution >= 4 is 23.2 Å². The SMILES string of the molecule is COc1ccc(C(NCC(=O)Nc2cc(Cl)ccc2-n2cncn2)c2ccccc2)cc1. The number of anilines is 1. The van der Waals surface area contributed by atoms with Gasteiger partial charge in [0.05, 0.1) is 31.1 Å². The lowest BCUT2D eigenvalue weighted by Gasteiger charge is -2.20. The molecule has 0 radical (unpaired) electrons. The average molecular weight is 448 g/mol. The molecule has 0 aliphatic heterocycles.